The lowest BCUT2D eigenvalue weighted by atomic mass is 9.99. The minimum Gasteiger partial charge on any atom is -0.373 e. The van der Waals surface area contributed by atoms with Crippen molar-refractivity contribution in [3.8, 4) is 11.1 Å². The number of morpholine rings is 1. The summed E-state index contributed by atoms with van der Waals surface area (Å²) in [7, 11) is 0. The van der Waals surface area contributed by atoms with Crippen LogP contribution in [0.5, 0.6) is 0 Å². The maximum atomic E-state index is 5.81. The number of hydrogen-bond donors (Lipinski definition) is 0. The van der Waals surface area contributed by atoms with Crippen LogP contribution in [0.4, 0.5) is 0 Å². The van der Waals surface area contributed by atoms with Gasteiger partial charge in [0.25, 0.3) is 0 Å². The van der Waals surface area contributed by atoms with E-state index >= 15 is 0 Å². The Morgan fingerprint density at radius 1 is 0.960 bits per heavy atom. The minimum absolute atomic E-state index is 0.290. The Hall–Kier alpha value is -2.23. The molecule has 128 valence electrons. The summed E-state index contributed by atoms with van der Waals surface area (Å²) in [6.45, 7) is 7.10. The normalized spacial score (nSPS) is 21.5. The molecule has 0 radical (unpaired) electrons. The van der Waals surface area contributed by atoms with Crippen molar-refractivity contribution in [2.45, 2.75) is 32.6 Å². The Morgan fingerprint density at radius 2 is 1.72 bits per heavy atom. The van der Waals surface area contributed by atoms with Gasteiger partial charge in [0.05, 0.1) is 17.9 Å². The molecule has 4 rings (SSSR count). The molecular formula is C22H24N2O. The molecule has 1 aliphatic heterocycles. The van der Waals surface area contributed by atoms with E-state index in [-0.39, 0.29) is 0 Å². The summed E-state index contributed by atoms with van der Waals surface area (Å²) in [4.78, 5) is 7.15. The van der Waals surface area contributed by atoms with Crippen LogP contribution in [0.15, 0.2) is 60.8 Å². The van der Waals surface area contributed by atoms with Crippen LogP contribution >= 0.6 is 0 Å². The van der Waals surface area contributed by atoms with Crippen LogP contribution in [0.1, 0.15) is 19.5 Å². The molecule has 3 aromatic rings. The highest BCUT2D eigenvalue weighted by atomic mass is 16.5. The molecule has 3 heteroatoms. The molecule has 3 nitrogen and oxygen atoms in total. The number of pyridine rings is 1. The van der Waals surface area contributed by atoms with Gasteiger partial charge >= 0.3 is 0 Å². The van der Waals surface area contributed by atoms with Gasteiger partial charge in [-0.3, -0.25) is 9.88 Å². The molecule has 0 spiro atoms. The zero-order valence-electron chi connectivity index (χ0n) is 14.9. The van der Waals surface area contributed by atoms with Crippen molar-refractivity contribution in [2.75, 3.05) is 13.1 Å². The maximum Gasteiger partial charge on any atom is 0.0678 e. The van der Waals surface area contributed by atoms with Crippen molar-refractivity contribution >= 4 is 10.8 Å². The Morgan fingerprint density at radius 3 is 2.48 bits per heavy atom. The molecule has 2 unspecified atom stereocenters. The van der Waals surface area contributed by atoms with Gasteiger partial charge in [0, 0.05) is 31.4 Å². The fraction of sp³-hybridized carbons (Fsp3) is 0.318. The summed E-state index contributed by atoms with van der Waals surface area (Å²) in [6.07, 6.45) is 2.59. The van der Waals surface area contributed by atoms with E-state index in [2.05, 4.69) is 73.3 Å². The summed E-state index contributed by atoms with van der Waals surface area (Å²) in [6, 6.07) is 19.3. The smallest absolute Gasteiger partial charge is 0.0678 e. The number of hydrogen-bond acceptors (Lipinski definition) is 3. The summed E-state index contributed by atoms with van der Waals surface area (Å²) in [5.74, 6) is 0. The fourth-order valence-electron chi connectivity index (χ4n) is 3.80. The van der Waals surface area contributed by atoms with Gasteiger partial charge in [-0.2, -0.15) is 0 Å². The van der Waals surface area contributed by atoms with Crippen LogP contribution in [0.3, 0.4) is 0 Å². The Bertz CT molecular complexity index is 844. The highest BCUT2D eigenvalue weighted by molar-refractivity contribution is 5.96. The monoisotopic (exact) mass is 332 g/mol. The lowest BCUT2D eigenvalue weighted by Crippen LogP contribution is -2.44. The molecule has 1 fully saturated rings. The average Bonchev–Trinajstić information content (AvgIpc) is 2.61. The van der Waals surface area contributed by atoms with Gasteiger partial charge < -0.3 is 4.74 Å². The topological polar surface area (TPSA) is 25.4 Å². The number of nitrogens with zero attached hydrogens (tertiary/aromatic N) is 2. The third-order valence-electron chi connectivity index (χ3n) is 4.81. The van der Waals surface area contributed by atoms with Gasteiger partial charge in [-0.25, -0.2) is 0 Å². The third-order valence-corrected chi connectivity index (χ3v) is 4.81. The van der Waals surface area contributed by atoms with E-state index in [1.807, 2.05) is 6.20 Å². The van der Waals surface area contributed by atoms with E-state index in [0.29, 0.717) is 12.2 Å². The van der Waals surface area contributed by atoms with Crippen molar-refractivity contribution in [1.82, 2.24) is 9.88 Å². The molecule has 2 atom stereocenters. The molecule has 1 aliphatic rings. The fourth-order valence-corrected chi connectivity index (χ4v) is 3.80. The zero-order chi connectivity index (χ0) is 17.2. The zero-order valence-corrected chi connectivity index (χ0v) is 14.9. The van der Waals surface area contributed by atoms with Crippen molar-refractivity contribution in [3.63, 3.8) is 0 Å². The first-order chi connectivity index (χ1) is 12.2. The van der Waals surface area contributed by atoms with Gasteiger partial charge in [0.2, 0.25) is 0 Å². The van der Waals surface area contributed by atoms with Crippen LogP contribution < -0.4 is 0 Å². The molecule has 1 saturated heterocycles. The molecule has 1 aromatic heterocycles. The van der Waals surface area contributed by atoms with Gasteiger partial charge in [0.1, 0.15) is 0 Å². The van der Waals surface area contributed by atoms with Gasteiger partial charge in [-0.1, -0.05) is 48.5 Å². The lowest BCUT2D eigenvalue weighted by molar-refractivity contribution is -0.0707. The van der Waals surface area contributed by atoms with E-state index in [9.17, 15) is 0 Å². The maximum absolute atomic E-state index is 5.81. The van der Waals surface area contributed by atoms with Crippen molar-refractivity contribution < 1.29 is 4.74 Å². The summed E-state index contributed by atoms with van der Waals surface area (Å²) in [5.41, 5.74) is 3.53. The molecule has 0 bridgehead atoms. The number of benzene rings is 2. The first-order valence-corrected chi connectivity index (χ1v) is 9.00. The highest BCUT2D eigenvalue weighted by Crippen LogP contribution is 2.28. The van der Waals surface area contributed by atoms with Crippen LogP contribution in [-0.2, 0) is 11.3 Å². The van der Waals surface area contributed by atoms with E-state index in [1.54, 1.807) is 0 Å². The van der Waals surface area contributed by atoms with E-state index < -0.39 is 0 Å². The van der Waals surface area contributed by atoms with Crippen LogP contribution in [0, 0.1) is 0 Å². The van der Waals surface area contributed by atoms with Crippen LogP contribution in [-0.4, -0.2) is 35.2 Å². The molecule has 2 aromatic carbocycles. The Labute approximate surface area is 149 Å². The van der Waals surface area contributed by atoms with Crippen LogP contribution in [0.2, 0.25) is 0 Å². The quantitative estimate of drug-likeness (QED) is 0.705. The molecule has 2 heterocycles. The predicted octanol–water partition coefficient (Wildman–Crippen LogP) is 4.51. The Balaban J connectivity index is 1.56. The Kier molecular flexibility index (Phi) is 4.51. The minimum atomic E-state index is 0.290. The largest absolute Gasteiger partial charge is 0.373 e. The third kappa shape index (κ3) is 3.58. The lowest BCUT2D eigenvalue weighted by Gasteiger charge is -2.35. The second-order valence-electron chi connectivity index (χ2n) is 7.02. The number of fused-ring (bicyclic) bond motifs is 1. The first-order valence-electron chi connectivity index (χ1n) is 9.00. The number of ether oxygens (including phenoxy) is 1. The predicted molar refractivity (Wildman–Crippen MR) is 102 cm³/mol. The first kappa shape index (κ1) is 16.2. The van der Waals surface area contributed by atoms with Crippen molar-refractivity contribution in [1.29, 1.82) is 0 Å². The summed E-state index contributed by atoms with van der Waals surface area (Å²) in [5, 5.41) is 2.54. The van der Waals surface area contributed by atoms with Crippen molar-refractivity contribution in [2.24, 2.45) is 0 Å². The second-order valence-corrected chi connectivity index (χ2v) is 7.02. The second kappa shape index (κ2) is 6.95. The molecular weight excluding hydrogens is 308 g/mol. The number of aromatic nitrogens is 1. The molecule has 25 heavy (non-hydrogen) atoms. The summed E-state index contributed by atoms with van der Waals surface area (Å²) >= 11 is 0. The van der Waals surface area contributed by atoms with Gasteiger partial charge in [-0.05, 0) is 36.2 Å². The van der Waals surface area contributed by atoms with Crippen molar-refractivity contribution in [3.05, 3.63) is 66.5 Å². The average molecular weight is 332 g/mol. The number of rotatable bonds is 3. The standard InChI is InChI=1S/C22H24N2O/c1-16-13-24(14-17(2)25-16)15-20-11-10-19(12-23-20)22-9-5-7-18-6-3-4-8-21(18)22/h3-12,16-17H,13-15H2,1-2H3. The van der Waals surface area contributed by atoms with E-state index in [0.717, 1.165) is 25.3 Å². The van der Waals surface area contributed by atoms with Gasteiger partial charge in [-0.15, -0.1) is 0 Å². The SMILES string of the molecule is CC1CN(Cc2ccc(-c3cccc4ccccc34)cn2)CC(C)O1. The molecule has 0 aliphatic carbocycles. The molecule has 0 N–H and O–H groups in total. The van der Waals surface area contributed by atoms with E-state index in [4.69, 9.17) is 9.72 Å². The molecule has 0 saturated carbocycles. The highest BCUT2D eigenvalue weighted by Gasteiger charge is 2.22. The molecule has 0 amide bonds. The van der Waals surface area contributed by atoms with Gasteiger partial charge in [0.15, 0.2) is 0 Å². The summed E-state index contributed by atoms with van der Waals surface area (Å²) < 4.78 is 5.81. The van der Waals surface area contributed by atoms with Crippen LogP contribution in [0.25, 0.3) is 21.9 Å². The van der Waals surface area contributed by atoms with E-state index in [1.165, 1.54) is 21.9 Å².